The third-order valence-electron chi connectivity index (χ3n) is 4.46. The number of Topliss-reactive ketones (excluding diaryl/α,β-unsaturated/α-hetero) is 1. The Morgan fingerprint density at radius 1 is 1.23 bits per heavy atom. The Morgan fingerprint density at radius 2 is 2.15 bits per heavy atom. The van der Waals surface area contributed by atoms with Crippen LogP contribution in [0.4, 0.5) is 0 Å². The van der Waals surface area contributed by atoms with E-state index >= 15 is 0 Å². The van der Waals surface area contributed by atoms with Crippen LogP contribution in [-0.4, -0.2) is 27.0 Å². The molecule has 6 nitrogen and oxygen atoms in total. The fraction of sp³-hybridized carbons (Fsp3) is 0.300. The van der Waals surface area contributed by atoms with E-state index in [4.69, 9.17) is 9.26 Å². The van der Waals surface area contributed by atoms with Crippen molar-refractivity contribution in [1.29, 1.82) is 0 Å². The van der Waals surface area contributed by atoms with Gasteiger partial charge in [0.25, 0.3) is 5.89 Å². The number of ether oxygens (including phenoxy) is 1. The second-order valence-electron chi connectivity index (χ2n) is 6.39. The zero-order valence-corrected chi connectivity index (χ0v) is 14.5. The third kappa shape index (κ3) is 3.22. The highest BCUT2D eigenvalue weighted by Crippen LogP contribution is 2.33. The lowest BCUT2D eigenvalue weighted by molar-refractivity contribution is 0.0836. The number of carbonyl (C=O) groups excluding carboxylic acids is 1. The molecule has 0 aliphatic carbocycles. The highest BCUT2D eigenvalue weighted by molar-refractivity contribution is 6.00. The van der Waals surface area contributed by atoms with E-state index in [1.54, 1.807) is 18.5 Å². The van der Waals surface area contributed by atoms with Gasteiger partial charge in [-0.15, -0.1) is 0 Å². The average Bonchev–Trinajstić information content (AvgIpc) is 3.17. The zero-order chi connectivity index (χ0) is 17.9. The van der Waals surface area contributed by atoms with Crippen LogP contribution in [-0.2, 0) is 0 Å². The largest absolute Gasteiger partial charge is 0.489 e. The van der Waals surface area contributed by atoms with Crippen molar-refractivity contribution in [1.82, 2.24) is 15.1 Å². The molecule has 4 rings (SSSR count). The molecule has 1 aliphatic rings. The van der Waals surface area contributed by atoms with E-state index in [1.165, 1.54) is 0 Å². The lowest BCUT2D eigenvalue weighted by Gasteiger charge is -2.25. The van der Waals surface area contributed by atoms with E-state index < -0.39 is 0 Å². The first-order valence-corrected chi connectivity index (χ1v) is 8.83. The standard InChI is InChI=1S/C20H19N3O3/c1-2-3-6-15-11-17(24)16-8-7-13(10-18(16)25-15)20-22-19(23-26-20)14-5-4-9-21-12-14/h4-5,7-10,12,15H,2-3,6,11H2,1H3. The highest BCUT2D eigenvalue weighted by atomic mass is 16.5. The number of nitrogens with zero attached hydrogens (tertiary/aromatic N) is 3. The number of aromatic nitrogens is 3. The second-order valence-corrected chi connectivity index (χ2v) is 6.39. The summed E-state index contributed by atoms with van der Waals surface area (Å²) in [6.07, 6.45) is 6.78. The minimum Gasteiger partial charge on any atom is -0.489 e. The Kier molecular flexibility index (Phi) is 4.48. The van der Waals surface area contributed by atoms with Gasteiger partial charge >= 0.3 is 0 Å². The van der Waals surface area contributed by atoms with Crippen molar-refractivity contribution in [3.63, 3.8) is 0 Å². The molecule has 2 aromatic heterocycles. The molecule has 0 saturated heterocycles. The van der Waals surface area contributed by atoms with E-state index in [2.05, 4.69) is 22.0 Å². The van der Waals surface area contributed by atoms with Crippen LogP contribution < -0.4 is 4.74 Å². The summed E-state index contributed by atoms with van der Waals surface area (Å²) >= 11 is 0. The number of ketones is 1. The molecular formula is C20H19N3O3. The summed E-state index contributed by atoms with van der Waals surface area (Å²) in [5.41, 5.74) is 2.13. The lowest BCUT2D eigenvalue weighted by Crippen LogP contribution is -2.26. The number of pyridine rings is 1. The number of benzene rings is 1. The fourth-order valence-corrected chi connectivity index (χ4v) is 3.07. The van der Waals surface area contributed by atoms with Gasteiger partial charge in [-0.05, 0) is 36.8 Å². The molecule has 0 spiro atoms. The molecule has 0 radical (unpaired) electrons. The van der Waals surface area contributed by atoms with Crippen LogP contribution in [0.5, 0.6) is 5.75 Å². The van der Waals surface area contributed by atoms with Gasteiger partial charge in [-0.25, -0.2) is 0 Å². The van der Waals surface area contributed by atoms with E-state index in [-0.39, 0.29) is 11.9 Å². The van der Waals surface area contributed by atoms with Crippen LogP contribution in [0.2, 0.25) is 0 Å². The topological polar surface area (TPSA) is 78.1 Å². The Labute approximate surface area is 151 Å². The van der Waals surface area contributed by atoms with E-state index in [1.807, 2.05) is 24.3 Å². The van der Waals surface area contributed by atoms with Crippen molar-refractivity contribution < 1.29 is 14.1 Å². The molecule has 0 amide bonds. The van der Waals surface area contributed by atoms with Gasteiger partial charge in [0.05, 0.1) is 5.56 Å². The average molecular weight is 349 g/mol. The number of carbonyl (C=O) groups is 1. The summed E-state index contributed by atoms with van der Waals surface area (Å²) in [5.74, 6) is 1.59. The molecule has 1 aliphatic heterocycles. The zero-order valence-electron chi connectivity index (χ0n) is 14.5. The Morgan fingerprint density at radius 3 is 2.96 bits per heavy atom. The quantitative estimate of drug-likeness (QED) is 0.682. The van der Waals surface area contributed by atoms with Gasteiger partial charge in [0.15, 0.2) is 5.78 Å². The minimum atomic E-state index is -0.0566. The molecule has 3 heterocycles. The van der Waals surface area contributed by atoms with Crippen molar-refractivity contribution in [2.45, 2.75) is 38.7 Å². The number of fused-ring (bicyclic) bond motifs is 1. The van der Waals surface area contributed by atoms with Crippen molar-refractivity contribution in [3.8, 4) is 28.6 Å². The summed E-state index contributed by atoms with van der Waals surface area (Å²) in [4.78, 5) is 20.8. The summed E-state index contributed by atoms with van der Waals surface area (Å²) in [5, 5.41) is 4.01. The minimum absolute atomic E-state index is 0.0566. The first-order valence-electron chi connectivity index (χ1n) is 8.83. The van der Waals surface area contributed by atoms with Gasteiger partial charge < -0.3 is 9.26 Å². The molecule has 1 aromatic carbocycles. The molecule has 0 N–H and O–H groups in total. The molecule has 0 saturated carbocycles. The van der Waals surface area contributed by atoms with Gasteiger partial charge in [0.1, 0.15) is 11.9 Å². The molecule has 132 valence electrons. The maximum Gasteiger partial charge on any atom is 0.258 e. The first-order chi connectivity index (χ1) is 12.7. The van der Waals surface area contributed by atoms with Crippen molar-refractivity contribution in [2.75, 3.05) is 0 Å². The maximum atomic E-state index is 12.4. The highest BCUT2D eigenvalue weighted by Gasteiger charge is 2.27. The van der Waals surface area contributed by atoms with E-state index in [0.717, 1.165) is 30.4 Å². The molecule has 6 heteroatoms. The predicted octanol–water partition coefficient (Wildman–Crippen LogP) is 4.32. The monoisotopic (exact) mass is 349 g/mol. The molecule has 26 heavy (non-hydrogen) atoms. The molecule has 1 atom stereocenters. The van der Waals surface area contributed by atoms with Crippen LogP contribution in [0.25, 0.3) is 22.8 Å². The van der Waals surface area contributed by atoms with Crippen LogP contribution >= 0.6 is 0 Å². The Balaban J connectivity index is 1.61. The SMILES string of the molecule is CCCCC1CC(=O)c2ccc(-c3nc(-c4cccnc4)no3)cc2O1. The van der Waals surface area contributed by atoms with Crippen LogP contribution in [0.1, 0.15) is 43.0 Å². The van der Waals surface area contributed by atoms with Crippen LogP contribution in [0.3, 0.4) is 0 Å². The Hall–Kier alpha value is -3.02. The van der Waals surface area contributed by atoms with Crippen LogP contribution in [0.15, 0.2) is 47.2 Å². The smallest absolute Gasteiger partial charge is 0.258 e. The summed E-state index contributed by atoms with van der Waals surface area (Å²) in [7, 11) is 0. The van der Waals surface area contributed by atoms with E-state index in [0.29, 0.717) is 29.4 Å². The predicted molar refractivity (Wildman–Crippen MR) is 95.9 cm³/mol. The van der Waals surface area contributed by atoms with Gasteiger partial charge in [-0.3, -0.25) is 9.78 Å². The number of hydrogen-bond donors (Lipinski definition) is 0. The maximum absolute atomic E-state index is 12.4. The lowest BCUT2D eigenvalue weighted by atomic mass is 9.96. The first kappa shape index (κ1) is 16.4. The summed E-state index contributed by atoms with van der Waals surface area (Å²) < 4.78 is 11.4. The second kappa shape index (κ2) is 7.07. The molecular weight excluding hydrogens is 330 g/mol. The van der Waals surface area contributed by atoms with E-state index in [9.17, 15) is 4.79 Å². The third-order valence-corrected chi connectivity index (χ3v) is 4.46. The van der Waals surface area contributed by atoms with Crippen molar-refractivity contribution in [2.24, 2.45) is 0 Å². The Bertz CT molecular complexity index is 921. The van der Waals surface area contributed by atoms with Crippen LogP contribution in [0, 0.1) is 0 Å². The normalized spacial score (nSPS) is 16.2. The van der Waals surface area contributed by atoms with Crippen molar-refractivity contribution in [3.05, 3.63) is 48.3 Å². The number of rotatable bonds is 5. The molecule has 3 aromatic rings. The number of unbranched alkanes of at least 4 members (excludes halogenated alkanes) is 1. The van der Waals surface area contributed by atoms with Gasteiger partial charge in [0, 0.05) is 29.9 Å². The fourth-order valence-electron chi connectivity index (χ4n) is 3.07. The van der Waals surface area contributed by atoms with Gasteiger partial charge in [0.2, 0.25) is 5.82 Å². The van der Waals surface area contributed by atoms with Crippen molar-refractivity contribution >= 4 is 5.78 Å². The molecule has 0 bridgehead atoms. The van der Waals surface area contributed by atoms with Gasteiger partial charge in [-0.1, -0.05) is 24.9 Å². The summed E-state index contributed by atoms with van der Waals surface area (Å²) in [6, 6.07) is 9.09. The molecule has 0 fully saturated rings. The number of hydrogen-bond acceptors (Lipinski definition) is 6. The summed E-state index contributed by atoms with van der Waals surface area (Å²) in [6.45, 7) is 2.13. The van der Waals surface area contributed by atoms with Gasteiger partial charge in [-0.2, -0.15) is 4.98 Å². The molecule has 1 unspecified atom stereocenters.